The number of hydrogen-bond donors (Lipinski definition) is 1. The monoisotopic (exact) mass is 309 g/mol. The van der Waals surface area contributed by atoms with Crippen LogP contribution in [0.3, 0.4) is 0 Å². The summed E-state index contributed by atoms with van der Waals surface area (Å²) in [5.74, 6) is 0.0684. The summed E-state index contributed by atoms with van der Waals surface area (Å²) >= 11 is 11.7. The molecule has 3 rings (SSSR count). The smallest absolute Gasteiger partial charge is 0.345 e. The minimum absolute atomic E-state index is 0.0286. The highest BCUT2D eigenvalue weighted by atomic mass is 35.5. The van der Waals surface area contributed by atoms with Gasteiger partial charge in [-0.15, -0.1) is 0 Å². The topological polar surface area (TPSA) is 78.7 Å². The number of imidazole rings is 1. The Morgan fingerprint density at radius 2 is 1.90 bits per heavy atom. The molecule has 2 aromatic heterocycles. The van der Waals surface area contributed by atoms with Crippen molar-refractivity contribution < 1.29 is 0 Å². The summed E-state index contributed by atoms with van der Waals surface area (Å²) in [4.78, 5) is 20.0. The number of nitrogens with two attached hydrogens (primary N) is 1. The largest absolute Gasteiger partial charge is 0.382 e. The fourth-order valence-corrected chi connectivity index (χ4v) is 2.43. The molecule has 20 heavy (non-hydrogen) atoms. The number of halogens is 2. The first kappa shape index (κ1) is 13.0. The zero-order valence-corrected chi connectivity index (χ0v) is 11.6. The van der Waals surface area contributed by atoms with Crippen LogP contribution in [0.25, 0.3) is 11.2 Å². The Morgan fingerprint density at radius 3 is 2.60 bits per heavy atom. The van der Waals surface area contributed by atoms with Gasteiger partial charge in [-0.3, -0.25) is 4.57 Å². The van der Waals surface area contributed by atoms with Crippen molar-refractivity contribution in [1.29, 1.82) is 0 Å². The van der Waals surface area contributed by atoms with Crippen LogP contribution in [0.15, 0.2) is 35.1 Å². The number of rotatable bonds is 2. The molecular formula is C12H9Cl2N5O. The Hall–Kier alpha value is -2.05. The van der Waals surface area contributed by atoms with Crippen molar-refractivity contribution in [3.05, 3.63) is 51.7 Å². The van der Waals surface area contributed by atoms with Crippen molar-refractivity contribution in [1.82, 2.24) is 18.6 Å². The van der Waals surface area contributed by atoms with Crippen LogP contribution in [-0.4, -0.2) is 18.6 Å². The molecule has 0 aliphatic carbocycles. The van der Waals surface area contributed by atoms with Crippen molar-refractivity contribution in [2.75, 3.05) is 5.73 Å². The van der Waals surface area contributed by atoms with Crippen molar-refractivity contribution >= 4 is 40.4 Å². The summed E-state index contributed by atoms with van der Waals surface area (Å²) in [7, 11) is 0. The van der Waals surface area contributed by atoms with E-state index in [2.05, 4.69) is 9.97 Å². The minimum Gasteiger partial charge on any atom is -0.382 e. The zero-order chi connectivity index (χ0) is 14.3. The lowest BCUT2D eigenvalue weighted by Crippen LogP contribution is -2.20. The van der Waals surface area contributed by atoms with Gasteiger partial charge >= 0.3 is 5.69 Å². The van der Waals surface area contributed by atoms with E-state index in [1.165, 1.54) is 4.57 Å². The van der Waals surface area contributed by atoms with Crippen LogP contribution in [0, 0.1) is 0 Å². The number of fused-ring (bicyclic) bond motifs is 1. The highest BCUT2D eigenvalue weighted by Gasteiger charge is 2.18. The van der Waals surface area contributed by atoms with Crippen LogP contribution < -0.4 is 11.4 Å². The van der Waals surface area contributed by atoms with Gasteiger partial charge in [0.15, 0.2) is 11.5 Å². The average molecular weight is 310 g/mol. The zero-order valence-electron chi connectivity index (χ0n) is 10.1. The van der Waals surface area contributed by atoms with Crippen LogP contribution in [0.4, 0.5) is 5.82 Å². The summed E-state index contributed by atoms with van der Waals surface area (Å²) in [5.41, 5.74) is 6.81. The molecule has 6 nitrogen and oxygen atoms in total. The first-order valence-electron chi connectivity index (χ1n) is 5.72. The predicted octanol–water partition coefficient (Wildman–Crippen LogP) is 1.88. The third-order valence-corrected chi connectivity index (χ3v) is 3.38. The van der Waals surface area contributed by atoms with E-state index in [0.29, 0.717) is 12.2 Å². The summed E-state index contributed by atoms with van der Waals surface area (Å²) in [6.45, 7) is 0.322. The van der Waals surface area contributed by atoms with Crippen molar-refractivity contribution in [3.8, 4) is 0 Å². The van der Waals surface area contributed by atoms with Crippen LogP contribution in [0.5, 0.6) is 0 Å². The molecule has 0 unspecified atom stereocenters. The van der Waals surface area contributed by atoms with Crippen molar-refractivity contribution in [2.24, 2.45) is 0 Å². The van der Waals surface area contributed by atoms with Gasteiger partial charge in [-0.25, -0.2) is 4.79 Å². The van der Waals surface area contributed by atoms with Gasteiger partial charge in [0.2, 0.25) is 5.28 Å². The normalized spacial score (nSPS) is 11.1. The molecule has 0 fully saturated rings. The van der Waals surface area contributed by atoms with E-state index in [1.54, 1.807) is 0 Å². The van der Waals surface area contributed by atoms with Gasteiger partial charge in [0.1, 0.15) is 5.52 Å². The summed E-state index contributed by atoms with van der Waals surface area (Å²) in [5, 5.41) is -0.0286. The first-order chi connectivity index (χ1) is 9.58. The van der Waals surface area contributed by atoms with Gasteiger partial charge in [-0.05, 0) is 17.2 Å². The second-order valence-electron chi connectivity index (χ2n) is 4.19. The van der Waals surface area contributed by atoms with E-state index in [1.807, 2.05) is 30.3 Å². The molecule has 0 aliphatic rings. The molecule has 0 radical (unpaired) electrons. The molecule has 0 amide bonds. The third kappa shape index (κ3) is 2.03. The van der Waals surface area contributed by atoms with E-state index >= 15 is 0 Å². The molecule has 3 aromatic rings. The van der Waals surface area contributed by atoms with Crippen LogP contribution >= 0.6 is 23.4 Å². The molecule has 2 N–H and O–H groups in total. The van der Waals surface area contributed by atoms with Gasteiger partial charge < -0.3 is 5.73 Å². The fraction of sp³-hybridized carbons (Fsp3) is 0.0833. The molecule has 0 atom stereocenters. The standard InChI is InChI=1S/C12H9Cl2N5O/c13-11-16-9(15)8-10(17-11)18(12(20)19(8)14)6-7-4-2-1-3-5-7/h1-5H,6H2,(H2,15,16,17). The molecule has 1 aromatic carbocycles. The van der Waals surface area contributed by atoms with Gasteiger partial charge in [0, 0.05) is 11.8 Å². The Kier molecular flexibility index (Phi) is 3.11. The lowest BCUT2D eigenvalue weighted by molar-refractivity contribution is 0.769. The third-order valence-electron chi connectivity index (χ3n) is 2.90. The number of hydrogen-bond acceptors (Lipinski definition) is 4. The van der Waals surface area contributed by atoms with Gasteiger partial charge in [-0.1, -0.05) is 30.3 Å². The Morgan fingerprint density at radius 1 is 1.20 bits per heavy atom. The highest BCUT2D eigenvalue weighted by Crippen LogP contribution is 2.20. The molecule has 2 heterocycles. The minimum atomic E-state index is -0.436. The number of aromatic nitrogens is 4. The number of nitrogen functional groups attached to an aromatic ring is 1. The van der Waals surface area contributed by atoms with Crippen molar-refractivity contribution in [2.45, 2.75) is 6.54 Å². The summed E-state index contributed by atoms with van der Waals surface area (Å²) in [6.07, 6.45) is 0. The second kappa shape index (κ2) is 4.81. The summed E-state index contributed by atoms with van der Waals surface area (Å²) < 4.78 is 2.31. The fourth-order valence-electron chi connectivity index (χ4n) is 2.01. The van der Waals surface area contributed by atoms with Gasteiger partial charge in [-0.2, -0.15) is 14.1 Å². The van der Waals surface area contributed by atoms with Crippen molar-refractivity contribution in [3.63, 3.8) is 0 Å². The Bertz CT molecular complexity index is 840. The second-order valence-corrected chi connectivity index (χ2v) is 4.86. The first-order valence-corrected chi connectivity index (χ1v) is 6.44. The Balaban J connectivity index is 2.25. The number of nitrogens with zero attached hydrogens (tertiary/aromatic N) is 4. The SMILES string of the molecule is Nc1nc(Cl)nc2c1n(Cl)c(=O)n2Cc1ccccc1. The molecule has 8 heteroatoms. The molecular weight excluding hydrogens is 301 g/mol. The summed E-state index contributed by atoms with van der Waals surface area (Å²) in [6, 6.07) is 9.47. The number of anilines is 1. The maximum Gasteiger partial charge on any atom is 0.345 e. The maximum atomic E-state index is 12.2. The van der Waals surface area contributed by atoms with E-state index in [0.717, 1.165) is 9.65 Å². The lowest BCUT2D eigenvalue weighted by Gasteiger charge is -2.03. The van der Waals surface area contributed by atoms with Gasteiger partial charge in [0.25, 0.3) is 0 Å². The maximum absolute atomic E-state index is 12.2. The lowest BCUT2D eigenvalue weighted by atomic mass is 10.2. The van der Waals surface area contributed by atoms with E-state index in [9.17, 15) is 4.79 Å². The quantitative estimate of drug-likeness (QED) is 0.733. The highest BCUT2D eigenvalue weighted by molar-refractivity contribution is 6.29. The molecule has 0 saturated carbocycles. The average Bonchev–Trinajstić information content (AvgIpc) is 2.65. The Labute approximate surface area is 123 Å². The van der Waals surface area contributed by atoms with Gasteiger partial charge in [0.05, 0.1) is 6.54 Å². The van der Waals surface area contributed by atoms with Crippen LogP contribution in [0.2, 0.25) is 5.28 Å². The molecule has 0 saturated heterocycles. The number of benzene rings is 1. The van der Waals surface area contributed by atoms with E-state index in [-0.39, 0.29) is 16.6 Å². The molecule has 0 spiro atoms. The van der Waals surface area contributed by atoms with E-state index < -0.39 is 5.69 Å². The predicted molar refractivity (Wildman–Crippen MR) is 78.0 cm³/mol. The van der Waals surface area contributed by atoms with Crippen LogP contribution in [0.1, 0.15) is 5.56 Å². The molecule has 0 bridgehead atoms. The molecule has 102 valence electrons. The molecule has 0 aliphatic heterocycles. The van der Waals surface area contributed by atoms with E-state index in [4.69, 9.17) is 29.1 Å². The van der Waals surface area contributed by atoms with Crippen LogP contribution in [-0.2, 0) is 6.54 Å².